The number of hydrogen-bond donors (Lipinski definition) is 2. The van der Waals surface area contributed by atoms with Gasteiger partial charge in [0.1, 0.15) is 11.6 Å². The van der Waals surface area contributed by atoms with Crippen molar-refractivity contribution in [3.8, 4) is 5.75 Å². The van der Waals surface area contributed by atoms with Gasteiger partial charge in [-0.25, -0.2) is 4.79 Å². The summed E-state index contributed by atoms with van der Waals surface area (Å²) in [6.07, 6.45) is 0. The van der Waals surface area contributed by atoms with Crippen molar-refractivity contribution < 1.29 is 14.3 Å². The van der Waals surface area contributed by atoms with E-state index in [-0.39, 0.29) is 43.0 Å². The minimum absolute atomic E-state index is 0.0309. The Hall–Kier alpha value is -3.11. The first-order valence-corrected chi connectivity index (χ1v) is 10.4. The lowest BCUT2D eigenvalue weighted by molar-refractivity contribution is -0.119. The van der Waals surface area contributed by atoms with Crippen LogP contribution in [-0.2, 0) is 22.6 Å². The molecule has 0 bridgehead atoms. The molecule has 0 aliphatic carbocycles. The van der Waals surface area contributed by atoms with E-state index in [0.717, 1.165) is 11.3 Å². The minimum Gasteiger partial charge on any atom is -0.497 e. The predicted molar refractivity (Wildman–Crippen MR) is 124 cm³/mol. The zero-order valence-corrected chi connectivity index (χ0v) is 19.4. The summed E-state index contributed by atoms with van der Waals surface area (Å²) >= 11 is 0. The van der Waals surface area contributed by atoms with Crippen LogP contribution >= 0.6 is 0 Å². The van der Waals surface area contributed by atoms with E-state index in [1.54, 1.807) is 14.2 Å². The SMILES string of the molecule is COCCN(C(=O)CN(C)Cc1cccc(OC)c1)c1c(N)n(CC(C)C)c(=O)[nH]c1=O. The number of carbonyl (C=O) groups is 1. The smallest absolute Gasteiger partial charge is 0.330 e. The number of aromatic nitrogens is 2. The van der Waals surface area contributed by atoms with E-state index in [1.807, 2.05) is 43.0 Å². The summed E-state index contributed by atoms with van der Waals surface area (Å²) in [6, 6.07) is 7.57. The van der Waals surface area contributed by atoms with Crippen molar-refractivity contribution in [2.45, 2.75) is 26.9 Å². The first-order chi connectivity index (χ1) is 15.2. The molecule has 0 fully saturated rings. The molecule has 0 atom stereocenters. The van der Waals surface area contributed by atoms with Gasteiger partial charge in [0.15, 0.2) is 5.69 Å². The van der Waals surface area contributed by atoms with Crippen LogP contribution in [0.4, 0.5) is 11.5 Å². The summed E-state index contributed by atoms with van der Waals surface area (Å²) in [5, 5.41) is 0. The molecule has 32 heavy (non-hydrogen) atoms. The van der Waals surface area contributed by atoms with Gasteiger partial charge < -0.3 is 20.1 Å². The fraction of sp³-hybridized carbons (Fsp3) is 0.500. The number of nitrogen functional groups attached to an aromatic ring is 1. The fourth-order valence-corrected chi connectivity index (χ4v) is 3.38. The summed E-state index contributed by atoms with van der Waals surface area (Å²) in [5.41, 5.74) is 5.85. The van der Waals surface area contributed by atoms with E-state index < -0.39 is 11.2 Å². The predicted octanol–water partition coefficient (Wildman–Crippen LogP) is 0.895. The third-order valence-corrected chi connectivity index (χ3v) is 4.84. The average molecular weight is 448 g/mol. The molecule has 0 aliphatic rings. The molecule has 0 radical (unpaired) electrons. The average Bonchev–Trinajstić information content (AvgIpc) is 2.73. The normalized spacial score (nSPS) is 11.2. The summed E-state index contributed by atoms with van der Waals surface area (Å²) in [4.78, 5) is 43.5. The quantitative estimate of drug-likeness (QED) is 0.524. The molecule has 0 unspecified atom stereocenters. The van der Waals surface area contributed by atoms with Gasteiger partial charge in [-0.3, -0.25) is 24.0 Å². The number of carbonyl (C=O) groups excluding carboxylic acids is 1. The third-order valence-electron chi connectivity index (χ3n) is 4.84. The monoisotopic (exact) mass is 447 g/mol. The lowest BCUT2D eigenvalue weighted by Crippen LogP contribution is -2.46. The van der Waals surface area contributed by atoms with Crippen LogP contribution in [0.3, 0.4) is 0 Å². The van der Waals surface area contributed by atoms with Crippen molar-refractivity contribution in [2.75, 3.05) is 51.6 Å². The first kappa shape index (κ1) is 25.2. The number of benzene rings is 1. The standard InChI is InChI=1S/C22H33N5O5/c1-15(2)12-27-20(23)19(21(29)24-22(27)30)26(9-10-31-4)18(28)14-25(3)13-16-7-6-8-17(11-16)32-5/h6-8,11,15H,9-10,12-14,23H2,1-5H3,(H,24,29,30). The van der Waals surface area contributed by atoms with Crippen molar-refractivity contribution in [3.05, 3.63) is 50.7 Å². The van der Waals surface area contributed by atoms with Gasteiger partial charge in [-0.05, 0) is 30.7 Å². The van der Waals surface area contributed by atoms with Crippen LogP contribution in [0.25, 0.3) is 0 Å². The number of ether oxygens (including phenoxy) is 2. The Bertz CT molecular complexity index is 1030. The van der Waals surface area contributed by atoms with Crippen LogP contribution in [0.5, 0.6) is 5.75 Å². The number of methoxy groups -OCH3 is 2. The number of nitrogens with two attached hydrogens (primary N) is 1. The van der Waals surface area contributed by atoms with Gasteiger partial charge in [0.25, 0.3) is 5.56 Å². The Kier molecular flexibility index (Phi) is 9.03. The minimum atomic E-state index is -0.701. The second-order valence-electron chi connectivity index (χ2n) is 8.06. The van der Waals surface area contributed by atoms with Crippen LogP contribution in [0.2, 0.25) is 0 Å². The topological polar surface area (TPSA) is 123 Å². The number of anilines is 2. The van der Waals surface area contributed by atoms with Crippen molar-refractivity contribution in [1.29, 1.82) is 0 Å². The van der Waals surface area contributed by atoms with Gasteiger partial charge in [-0.1, -0.05) is 26.0 Å². The zero-order valence-electron chi connectivity index (χ0n) is 19.4. The number of nitrogens with one attached hydrogen (secondary N) is 1. The molecule has 2 rings (SSSR count). The number of nitrogens with zero attached hydrogens (tertiary/aromatic N) is 3. The molecule has 10 heteroatoms. The van der Waals surface area contributed by atoms with Crippen LogP contribution in [-0.4, -0.2) is 61.3 Å². The molecular formula is C22H33N5O5. The Labute approximate surface area is 187 Å². The lowest BCUT2D eigenvalue weighted by Gasteiger charge is -2.27. The van der Waals surface area contributed by atoms with Crippen molar-refractivity contribution in [1.82, 2.24) is 14.5 Å². The maximum atomic E-state index is 13.2. The van der Waals surface area contributed by atoms with Crippen LogP contribution in [0.1, 0.15) is 19.4 Å². The van der Waals surface area contributed by atoms with E-state index in [2.05, 4.69) is 4.98 Å². The van der Waals surface area contributed by atoms with E-state index >= 15 is 0 Å². The van der Waals surface area contributed by atoms with E-state index in [4.69, 9.17) is 15.2 Å². The van der Waals surface area contributed by atoms with Crippen molar-refractivity contribution >= 4 is 17.4 Å². The summed E-state index contributed by atoms with van der Waals surface area (Å²) in [7, 11) is 4.91. The molecule has 3 N–H and O–H groups in total. The van der Waals surface area contributed by atoms with Gasteiger partial charge >= 0.3 is 5.69 Å². The molecular weight excluding hydrogens is 414 g/mol. The Balaban J connectivity index is 2.32. The molecule has 1 aromatic carbocycles. The third kappa shape index (κ3) is 6.44. The molecule has 0 aliphatic heterocycles. The van der Waals surface area contributed by atoms with Gasteiger partial charge in [0.2, 0.25) is 5.91 Å². The van der Waals surface area contributed by atoms with Gasteiger partial charge in [0, 0.05) is 26.7 Å². The van der Waals surface area contributed by atoms with E-state index in [0.29, 0.717) is 13.1 Å². The largest absolute Gasteiger partial charge is 0.497 e. The van der Waals surface area contributed by atoms with Crippen LogP contribution < -0.4 is 26.6 Å². The fourth-order valence-electron chi connectivity index (χ4n) is 3.38. The van der Waals surface area contributed by atoms with Crippen LogP contribution in [0.15, 0.2) is 33.9 Å². The highest BCUT2D eigenvalue weighted by atomic mass is 16.5. The van der Waals surface area contributed by atoms with Crippen molar-refractivity contribution in [3.63, 3.8) is 0 Å². The highest BCUT2D eigenvalue weighted by Crippen LogP contribution is 2.19. The molecule has 1 amide bonds. The van der Waals surface area contributed by atoms with E-state index in [9.17, 15) is 14.4 Å². The molecule has 0 spiro atoms. The zero-order chi connectivity index (χ0) is 23.8. The summed E-state index contributed by atoms with van der Waals surface area (Å²) < 4.78 is 11.7. The molecule has 0 saturated carbocycles. The number of hydrogen-bond acceptors (Lipinski definition) is 7. The molecule has 0 saturated heterocycles. The molecule has 10 nitrogen and oxygen atoms in total. The Morgan fingerprint density at radius 1 is 1.25 bits per heavy atom. The molecule has 2 aromatic rings. The summed E-state index contributed by atoms with van der Waals surface area (Å²) in [6.45, 7) is 5.03. The van der Waals surface area contributed by atoms with Gasteiger partial charge in [-0.15, -0.1) is 0 Å². The number of likely N-dealkylation sites (N-methyl/N-ethyl adjacent to an activating group) is 1. The Morgan fingerprint density at radius 2 is 1.97 bits per heavy atom. The second kappa shape index (κ2) is 11.5. The number of amides is 1. The van der Waals surface area contributed by atoms with Gasteiger partial charge in [0.05, 0.1) is 20.3 Å². The highest BCUT2D eigenvalue weighted by molar-refractivity contribution is 5.96. The van der Waals surface area contributed by atoms with Crippen LogP contribution in [0, 0.1) is 5.92 Å². The maximum absolute atomic E-state index is 13.2. The lowest BCUT2D eigenvalue weighted by atomic mass is 10.2. The number of rotatable bonds is 11. The Morgan fingerprint density at radius 3 is 2.59 bits per heavy atom. The first-order valence-electron chi connectivity index (χ1n) is 10.4. The van der Waals surface area contributed by atoms with E-state index in [1.165, 1.54) is 16.6 Å². The second-order valence-corrected chi connectivity index (χ2v) is 8.06. The molecule has 1 heterocycles. The number of aromatic amines is 1. The highest BCUT2D eigenvalue weighted by Gasteiger charge is 2.25. The number of H-pyrrole nitrogens is 1. The van der Waals surface area contributed by atoms with Crippen molar-refractivity contribution in [2.24, 2.45) is 5.92 Å². The maximum Gasteiger partial charge on any atom is 0.330 e. The van der Waals surface area contributed by atoms with Gasteiger partial charge in [-0.2, -0.15) is 0 Å². The summed E-state index contributed by atoms with van der Waals surface area (Å²) in [5.74, 6) is 0.480. The molecule has 1 aromatic heterocycles. The molecule has 176 valence electrons.